The van der Waals surface area contributed by atoms with E-state index in [-0.39, 0.29) is 0 Å². The molecule has 0 N–H and O–H groups in total. The molecule has 60 valence electrons. The van der Waals surface area contributed by atoms with Gasteiger partial charge in [-0.15, -0.1) is 0 Å². The minimum absolute atomic E-state index is 0.972. The maximum absolute atomic E-state index is 4.21. The fraction of sp³-hybridized carbons (Fsp3) is 1.00. The molecule has 1 aliphatic heterocycles. The number of likely N-dealkylation sites (tertiary alicyclic amines) is 1. The molecule has 0 bridgehead atoms. The fourth-order valence-electron chi connectivity index (χ4n) is 1.59. The summed E-state index contributed by atoms with van der Waals surface area (Å²) in [5.74, 6) is 1.98. The fourth-order valence-corrected chi connectivity index (χ4v) is 1.87. The Balaban J connectivity index is 2.15. The highest BCUT2D eigenvalue weighted by molar-refractivity contribution is 7.80. The van der Waals surface area contributed by atoms with Crippen molar-refractivity contribution in [1.29, 1.82) is 0 Å². The van der Waals surface area contributed by atoms with Crippen LogP contribution in [0.25, 0.3) is 0 Å². The van der Waals surface area contributed by atoms with Crippen molar-refractivity contribution in [3.05, 3.63) is 0 Å². The summed E-state index contributed by atoms with van der Waals surface area (Å²) in [4.78, 5) is 2.52. The van der Waals surface area contributed by atoms with Crippen LogP contribution in [0.2, 0.25) is 0 Å². The third-order valence-corrected chi connectivity index (χ3v) is 2.56. The Morgan fingerprint density at radius 3 is 2.90 bits per heavy atom. The van der Waals surface area contributed by atoms with Gasteiger partial charge in [-0.1, -0.05) is 13.3 Å². The van der Waals surface area contributed by atoms with Gasteiger partial charge in [0, 0.05) is 18.8 Å². The van der Waals surface area contributed by atoms with Crippen molar-refractivity contribution in [2.45, 2.75) is 19.8 Å². The average Bonchev–Trinajstić information content (AvgIpc) is 2.37. The summed E-state index contributed by atoms with van der Waals surface area (Å²) in [7, 11) is 0. The minimum atomic E-state index is 0.972. The van der Waals surface area contributed by atoms with Crippen LogP contribution in [-0.2, 0) is 0 Å². The summed E-state index contributed by atoms with van der Waals surface area (Å²) < 4.78 is 0. The quantitative estimate of drug-likeness (QED) is 0.613. The van der Waals surface area contributed by atoms with E-state index in [1.54, 1.807) is 0 Å². The second kappa shape index (κ2) is 4.24. The third kappa shape index (κ3) is 2.17. The molecule has 2 heteroatoms. The highest BCUT2D eigenvalue weighted by atomic mass is 32.1. The van der Waals surface area contributed by atoms with Crippen LogP contribution in [-0.4, -0.2) is 30.3 Å². The third-order valence-electron chi connectivity index (χ3n) is 2.36. The number of thiol groups is 1. The summed E-state index contributed by atoms with van der Waals surface area (Å²) in [6.07, 6.45) is 2.76. The molecule has 1 atom stereocenters. The molecule has 0 aliphatic carbocycles. The van der Waals surface area contributed by atoms with E-state index in [4.69, 9.17) is 0 Å². The monoisotopic (exact) mass is 159 g/mol. The van der Waals surface area contributed by atoms with Crippen LogP contribution in [0, 0.1) is 5.92 Å². The van der Waals surface area contributed by atoms with E-state index in [0.717, 1.165) is 11.7 Å². The molecule has 0 aromatic carbocycles. The molecule has 1 unspecified atom stereocenters. The van der Waals surface area contributed by atoms with E-state index in [2.05, 4.69) is 24.5 Å². The lowest BCUT2D eigenvalue weighted by atomic mass is 10.1. The topological polar surface area (TPSA) is 3.24 Å². The van der Waals surface area contributed by atoms with Crippen molar-refractivity contribution in [1.82, 2.24) is 4.90 Å². The van der Waals surface area contributed by atoms with Gasteiger partial charge in [-0.3, -0.25) is 0 Å². The molecule has 1 fully saturated rings. The van der Waals surface area contributed by atoms with Gasteiger partial charge < -0.3 is 4.90 Å². The zero-order valence-electron chi connectivity index (χ0n) is 6.71. The van der Waals surface area contributed by atoms with Gasteiger partial charge in [-0.25, -0.2) is 0 Å². The second-order valence-corrected chi connectivity index (χ2v) is 3.53. The molecule has 1 saturated heterocycles. The lowest BCUT2D eigenvalue weighted by molar-refractivity contribution is 0.343. The van der Waals surface area contributed by atoms with Gasteiger partial charge in [0.2, 0.25) is 0 Å². The molecule has 10 heavy (non-hydrogen) atoms. The number of rotatable bonds is 3. The lowest BCUT2D eigenvalue weighted by Gasteiger charge is -2.12. The average molecular weight is 159 g/mol. The molecule has 0 spiro atoms. The molecular formula is C8H17NS. The highest BCUT2D eigenvalue weighted by Crippen LogP contribution is 2.18. The first-order valence-electron chi connectivity index (χ1n) is 4.20. The first-order valence-corrected chi connectivity index (χ1v) is 4.83. The molecule has 0 saturated carbocycles. The van der Waals surface area contributed by atoms with Crippen molar-refractivity contribution in [2.75, 3.05) is 25.4 Å². The molecule has 1 rings (SSSR count). The van der Waals surface area contributed by atoms with Crippen LogP contribution in [0.1, 0.15) is 19.8 Å². The Kier molecular flexibility index (Phi) is 3.57. The normalized spacial score (nSPS) is 27.6. The molecule has 0 radical (unpaired) electrons. The van der Waals surface area contributed by atoms with Crippen molar-refractivity contribution in [2.24, 2.45) is 5.92 Å². The standard InChI is InChI=1S/C8H17NS/c1-2-8-3-4-9(7-8)5-6-10/h8,10H,2-7H2,1H3. The summed E-state index contributed by atoms with van der Waals surface area (Å²) in [5, 5.41) is 0. The first-order chi connectivity index (χ1) is 4.86. The molecule has 0 amide bonds. The summed E-state index contributed by atoms with van der Waals surface area (Å²) >= 11 is 4.21. The van der Waals surface area contributed by atoms with E-state index >= 15 is 0 Å². The number of hydrogen-bond donors (Lipinski definition) is 1. The van der Waals surface area contributed by atoms with Crippen LogP contribution in [0.4, 0.5) is 0 Å². The van der Waals surface area contributed by atoms with E-state index < -0.39 is 0 Å². The molecular weight excluding hydrogens is 142 g/mol. The van der Waals surface area contributed by atoms with Crippen molar-refractivity contribution < 1.29 is 0 Å². The minimum Gasteiger partial charge on any atom is -0.302 e. The van der Waals surface area contributed by atoms with E-state index in [0.29, 0.717) is 0 Å². The smallest absolute Gasteiger partial charge is 0.00699 e. The number of nitrogens with zero attached hydrogens (tertiary/aromatic N) is 1. The van der Waals surface area contributed by atoms with Gasteiger partial charge in [0.15, 0.2) is 0 Å². The van der Waals surface area contributed by atoms with Gasteiger partial charge in [-0.05, 0) is 18.9 Å². The van der Waals surface area contributed by atoms with Gasteiger partial charge in [0.05, 0.1) is 0 Å². The second-order valence-electron chi connectivity index (χ2n) is 3.09. The van der Waals surface area contributed by atoms with Crippen LogP contribution >= 0.6 is 12.6 Å². The van der Waals surface area contributed by atoms with Crippen LogP contribution in [0.5, 0.6) is 0 Å². The van der Waals surface area contributed by atoms with Crippen LogP contribution in [0.3, 0.4) is 0 Å². The molecule has 1 nitrogen and oxygen atoms in total. The summed E-state index contributed by atoms with van der Waals surface area (Å²) in [6, 6.07) is 0. The zero-order chi connectivity index (χ0) is 7.40. The van der Waals surface area contributed by atoms with Crippen molar-refractivity contribution >= 4 is 12.6 Å². The van der Waals surface area contributed by atoms with E-state index in [9.17, 15) is 0 Å². The predicted molar refractivity (Wildman–Crippen MR) is 48.7 cm³/mol. The van der Waals surface area contributed by atoms with Gasteiger partial charge in [0.25, 0.3) is 0 Å². The van der Waals surface area contributed by atoms with E-state index in [1.165, 1.54) is 32.5 Å². The van der Waals surface area contributed by atoms with Gasteiger partial charge in [-0.2, -0.15) is 12.6 Å². The SMILES string of the molecule is CCC1CCN(CCS)C1. The molecule has 0 aromatic rings. The Morgan fingerprint density at radius 2 is 2.40 bits per heavy atom. The Labute approximate surface area is 69.2 Å². The van der Waals surface area contributed by atoms with Gasteiger partial charge in [0.1, 0.15) is 0 Å². The Bertz CT molecular complexity index is 95.3. The Morgan fingerprint density at radius 1 is 1.60 bits per heavy atom. The van der Waals surface area contributed by atoms with Crippen molar-refractivity contribution in [3.8, 4) is 0 Å². The highest BCUT2D eigenvalue weighted by Gasteiger charge is 2.19. The maximum Gasteiger partial charge on any atom is 0.00699 e. The first kappa shape index (κ1) is 8.41. The summed E-state index contributed by atoms with van der Waals surface area (Å²) in [5.41, 5.74) is 0. The predicted octanol–water partition coefficient (Wildman–Crippen LogP) is 1.65. The molecule has 1 heterocycles. The summed E-state index contributed by atoms with van der Waals surface area (Å²) in [6.45, 7) is 6.09. The van der Waals surface area contributed by atoms with E-state index in [1.807, 2.05) is 0 Å². The Hall–Kier alpha value is 0.310. The molecule has 1 aliphatic rings. The lowest BCUT2D eigenvalue weighted by Crippen LogP contribution is -2.22. The number of hydrogen-bond acceptors (Lipinski definition) is 2. The zero-order valence-corrected chi connectivity index (χ0v) is 7.61. The van der Waals surface area contributed by atoms with Gasteiger partial charge >= 0.3 is 0 Å². The molecule has 0 aromatic heterocycles. The van der Waals surface area contributed by atoms with Crippen LogP contribution < -0.4 is 0 Å². The maximum atomic E-state index is 4.21. The largest absolute Gasteiger partial charge is 0.302 e. The van der Waals surface area contributed by atoms with Crippen LogP contribution in [0.15, 0.2) is 0 Å². The van der Waals surface area contributed by atoms with Crippen molar-refractivity contribution in [3.63, 3.8) is 0 Å².